The van der Waals surface area contributed by atoms with Crippen LogP contribution in [0, 0.1) is 0 Å². The number of aliphatic hydroxyl groups is 1. The molecule has 2 fully saturated rings. The van der Waals surface area contributed by atoms with Crippen LogP contribution >= 0.6 is 7.82 Å². The van der Waals surface area contributed by atoms with Crippen molar-refractivity contribution in [3.8, 4) is 0 Å². The van der Waals surface area contributed by atoms with Gasteiger partial charge in [0.05, 0.1) is 25.1 Å². The highest BCUT2D eigenvalue weighted by Crippen LogP contribution is 2.46. The largest absolute Gasteiger partial charge is 0.537 e. The predicted molar refractivity (Wildman–Crippen MR) is 139 cm³/mol. The minimum absolute atomic E-state index is 0.182. The van der Waals surface area contributed by atoms with Gasteiger partial charge in [-0.15, -0.1) is 5.46 Å². The van der Waals surface area contributed by atoms with Gasteiger partial charge >= 0.3 is 14.6 Å². The zero-order valence-electron chi connectivity index (χ0n) is 20.8. The highest BCUT2D eigenvalue weighted by Gasteiger charge is 2.58. The summed E-state index contributed by atoms with van der Waals surface area (Å²) >= 11 is 0. The molecule has 3 aliphatic rings. The number of nitrogens with two attached hydrogens (primary N) is 1. The maximum Gasteiger partial charge on any atom is 0.469 e. The summed E-state index contributed by atoms with van der Waals surface area (Å²) in [7, 11) is -4.80. The summed E-state index contributed by atoms with van der Waals surface area (Å²) < 4.78 is 43.1. The number of ether oxygens (including phenoxy) is 1. The Kier molecular flexibility index (Phi) is 6.05. The molecule has 6 atom stereocenters. The molecule has 40 heavy (non-hydrogen) atoms. The van der Waals surface area contributed by atoms with Crippen LogP contribution in [0.2, 0.25) is 0 Å². The number of nitrogen functional groups attached to an aromatic ring is 1. The SMILES string of the molecule is Nc1ncnc2c1ncn2[C@@H]1O[C@@H](COP(=O)(O)O)[C@@H]2O[B-]3(OCc4ccc([C@H](O)c5ccccc5)cc43)O[C@H]21. The normalized spacial score (nSPS) is 28.3. The smallest absolute Gasteiger partial charge is 0.469 e. The van der Waals surface area contributed by atoms with Crippen LogP contribution in [0.25, 0.3) is 11.2 Å². The third-order valence-corrected chi connectivity index (χ3v) is 7.95. The van der Waals surface area contributed by atoms with E-state index in [9.17, 15) is 19.5 Å². The van der Waals surface area contributed by atoms with E-state index < -0.39 is 51.8 Å². The summed E-state index contributed by atoms with van der Waals surface area (Å²) in [6.07, 6.45) is -1.56. The topological polar surface area (TPSA) is 194 Å². The van der Waals surface area contributed by atoms with Gasteiger partial charge in [0, 0.05) is 6.61 Å². The fourth-order valence-corrected chi connectivity index (χ4v) is 5.98. The van der Waals surface area contributed by atoms with Crippen LogP contribution in [0.3, 0.4) is 0 Å². The van der Waals surface area contributed by atoms with Crippen LogP contribution in [0.4, 0.5) is 5.82 Å². The van der Waals surface area contributed by atoms with Crippen molar-refractivity contribution in [2.75, 3.05) is 12.3 Å². The van der Waals surface area contributed by atoms with Gasteiger partial charge < -0.3 is 39.3 Å². The van der Waals surface area contributed by atoms with E-state index in [0.29, 0.717) is 22.2 Å². The molecule has 2 aromatic carbocycles. The number of imidazole rings is 1. The lowest BCUT2D eigenvalue weighted by atomic mass is 9.69. The van der Waals surface area contributed by atoms with E-state index in [2.05, 4.69) is 15.0 Å². The number of aliphatic hydroxyl groups excluding tert-OH is 1. The first kappa shape index (κ1) is 25.7. The van der Waals surface area contributed by atoms with Crippen LogP contribution in [0.15, 0.2) is 61.2 Å². The molecule has 2 aromatic heterocycles. The van der Waals surface area contributed by atoms with Gasteiger partial charge in [-0.1, -0.05) is 54.1 Å². The summed E-state index contributed by atoms with van der Waals surface area (Å²) in [5.41, 5.74) is 9.52. The minimum atomic E-state index is -4.80. The number of aromatic nitrogens is 4. The van der Waals surface area contributed by atoms with Crippen molar-refractivity contribution >= 4 is 37.0 Å². The average molecular weight is 568 g/mol. The van der Waals surface area contributed by atoms with E-state index in [1.54, 1.807) is 10.6 Å². The lowest BCUT2D eigenvalue weighted by Gasteiger charge is -2.34. The monoisotopic (exact) mass is 568 g/mol. The number of anilines is 1. The quantitative estimate of drug-likeness (QED) is 0.187. The zero-order chi connectivity index (χ0) is 27.6. The Morgan fingerprint density at radius 1 is 1.10 bits per heavy atom. The van der Waals surface area contributed by atoms with Gasteiger partial charge in [-0.05, 0) is 11.1 Å². The van der Waals surface area contributed by atoms with E-state index in [1.165, 1.54) is 12.7 Å². The number of hydrogen-bond donors (Lipinski definition) is 4. The third-order valence-electron chi connectivity index (χ3n) is 7.47. The van der Waals surface area contributed by atoms with Gasteiger partial charge in [0.15, 0.2) is 17.7 Å². The Hall–Kier alpha value is -3.24. The average Bonchev–Trinajstić information content (AvgIpc) is 3.70. The lowest BCUT2D eigenvalue weighted by Crippen LogP contribution is -2.51. The number of phosphoric acid groups is 1. The molecule has 3 aliphatic heterocycles. The Balaban J connectivity index is 1.25. The van der Waals surface area contributed by atoms with Crippen LogP contribution in [0.1, 0.15) is 29.0 Å². The van der Waals surface area contributed by atoms with Crippen LogP contribution < -0.4 is 11.2 Å². The van der Waals surface area contributed by atoms with Crippen molar-refractivity contribution in [2.45, 2.75) is 37.3 Å². The molecule has 1 spiro atoms. The second-order valence-corrected chi connectivity index (χ2v) is 11.1. The third kappa shape index (κ3) is 4.23. The van der Waals surface area contributed by atoms with E-state index in [-0.39, 0.29) is 12.4 Å². The molecule has 16 heteroatoms. The molecule has 7 rings (SSSR count). The summed E-state index contributed by atoms with van der Waals surface area (Å²) in [4.78, 5) is 31.2. The van der Waals surface area contributed by atoms with Gasteiger partial charge in [0.2, 0.25) is 0 Å². The fourth-order valence-electron chi connectivity index (χ4n) is 5.63. The maximum absolute atomic E-state index is 11.5. The van der Waals surface area contributed by atoms with Crippen molar-refractivity contribution in [2.24, 2.45) is 0 Å². The minimum Gasteiger partial charge on any atom is -0.537 e. The second kappa shape index (κ2) is 9.41. The van der Waals surface area contributed by atoms with Crippen molar-refractivity contribution in [3.63, 3.8) is 0 Å². The number of fused-ring (bicyclic) bond motifs is 4. The molecule has 1 unspecified atom stereocenters. The summed E-state index contributed by atoms with van der Waals surface area (Å²) in [6, 6.07) is 14.7. The van der Waals surface area contributed by atoms with Crippen molar-refractivity contribution in [3.05, 3.63) is 77.9 Å². The first-order valence-electron chi connectivity index (χ1n) is 12.5. The van der Waals surface area contributed by atoms with Crippen LogP contribution in [0.5, 0.6) is 0 Å². The summed E-state index contributed by atoms with van der Waals surface area (Å²) in [6.45, 7) is -2.76. The predicted octanol–water partition coefficient (Wildman–Crippen LogP) is 0.657. The first-order chi connectivity index (χ1) is 19.2. The van der Waals surface area contributed by atoms with Crippen molar-refractivity contribution < 1.29 is 42.7 Å². The van der Waals surface area contributed by atoms with Gasteiger partial charge in [-0.2, -0.15) is 0 Å². The Morgan fingerprint density at radius 2 is 1.90 bits per heavy atom. The fraction of sp³-hybridized carbons (Fsp3) is 0.292. The van der Waals surface area contributed by atoms with Crippen LogP contribution in [-0.2, 0) is 34.4 Å². The van der Waals surface area contributed by atoms with Gasteiger partial charge in [-0.25, -0.2) is 19.5 Å². The molecule has 0 bridgehead atoms. The molecule has 5 heterocycles. The highest BCUT2D eigenvalue weighted by atomic mass is 31.2. The molecule has 14 nitrogen and oxygen atoms in total. The maximum atomic E-state index is 11.5. The van der Waals surface area contributed by atoms with E-state index in [0.717, 1.165) is 11.1 Å². The molecule has 4 aromatic rings. The molecular weight excluding hydrogens is 544 g/mol. The Labute approximate surface area is 226 Å². The molecule has 0 saturated carbocycles. The van der Waals surface area contributed by atoms with E-state index in [4.69, 9.17) is 29.0 Å². The van der Waals surface area contributed by atoms with Gasteiger partial charge in [-0.3, -0.25) is 9.09 Å². The van der Waals surface area contributed by atoms with Crippen LogP contribution in [-0.4, -0.2) is 66.1 Å². The second-order valence-electron chi connectivity index (χ2n) is 9.86. The Morgan fingerprint density at radius 3 is 2.70 bits per heavy atom. The molecule has 0 radical (unpaired) electrons. The summed E-state index contributed by atoms with van der Waals surface area (Å²) in [5.74, 6) is 0.182. The first-order valence-corrected chi connectivity index (χ1v) is 14.0. The number of benzene rings is 2. The summed E-state index contributed by atoms with van der Waals surface area (Å²) in [5, 5.41) is 11.0. The molecular formula is C24H24BN5O9P-. The molecule has 0 aliphatic carbocycles. The van der Waals surface area contributed by atoms with E-state index in [1.807, 2.05) is 42.5 Å². The zero-order valence-corrected chi connectivity index (χ0v) is 21.7. The number of hydrogen-bond acceptors (Lipinski definition) is 11. The molecule has 5 N–H and O–H groups in total. The number of rotatable bonds is 6. The Bertz CT molecular complexity index is 1640. The standard InChI is InChI=1S/C24H24BN5O9P/c26-22-18-23(28-11-27-22)30(12-29-18)24-21-20(17(37-24)10-36-40(32,33)34)38-25(39-21)16-8-14(6-7-15(16)9-35-25)19(31)13-4-2-1-3-5-13/h1-8,11-12,17,19-21,24,31H,9-10H2,(H2,26,27,28)(H2,32,33,34)/q-1/t17-,19+,20-,21+,24+,25?/m0/s1. The van der Waals surface area contributed by atoms with Crippen molar-refractivity contribution in [1.82, 2.24) is 19.5 Å². The molecule has 2 saturated heterocycles. The van der Waals surface area contributed by atoms with Crippen molar-refractivity contribution in [1.29, 1.82) is 0 Å². The lowest BCUT2D eigenvalue weighted by molar-refractivity contribution is -0.0664. The van der Waals surface area contributed by atoms with E-state index >= 15 is 0 Å². The highest BCUT2D eigenvalue weighted by molar-refractivity contribution is 7.46. The number of nitrogens with zero attached hydrogens (tertiary/aromatic N) is 4. The van der Waals surface area contributed by atoms with Gasteiger partial charge in [0.1, 0.15) is 24.1 Å². The molecule has 0 amide bonds. The molecule has 208 valence electrons. The van der Waals surface area contributed by atoms with Gasteiger partial charge in [0.25, 0.3) is 0 Å². The number of phosphoric ester groups is 1.